The van der Waals surface area contributed by atoms with Gasteiger partial charge in [-0.2, -0.15) is 0 Å². The maximum absolute atomic E-state index is 14.3. The Hall–Kier alpha value is -1.58. The SMILES string of the molecule is CC[C@H]1OC(=O)[C@H](C)[C@@H](O[C@H]2CC3(OC)O[C@H]3[C@@H](C)O2)[C@H](C)[C@@H](O[C@@H]2O[C@H](C)CC(N(C)C)C2O)[C@](C)(O)C[C@@H](C)/C(=N\OCOCCOC)[C@H](C)[C@@H](O)[C@]1(C)O. The zero-order valence-corrected chi connectivity index (χ0v) is 36.3. The maximum Gasteiger partial charge on any atom is 0.311 e. The molecule has 0 aliphatic carbocycles. The highest BCUT2D eigenvalue weighted by atomic mass is 16.8. The van der Waals surface area contributed by atoms with Crippen LogP contribution < -0.4 is 0 Å². The Bertz CT molecular complexity index is 1320. The summed E-state index contributed by atoms with van der Waals surface area (Å²) in [6.45, 7) is 15.9. The average Bonchev–Trinajstić information content (AvgIpc) is 3.89. The van der Waals surface area contributed by atoms with E-state index in [0.717, 1.165) is 0 Å². The number of fused-ring (bicyclic) bond motifs is 1. The molecule has 332 valence electrons. The predicted molar refractivity (Wildman–Crippen MR) is 206 cm³/mol. The molecule has 0 aromatic carbocycles. The minimum Gasteiger partial charge on any atom is -0.459 e. The van der Waals surface area contributed by atoms with Crippen LogP contribution in [0.25, 0.3) is 0 Å². The van der Waals surface area contributed by atoms with Crippen LogP contribution >= 0.6 is 0 Å². The molecule has 4 fully saturated rings. The van der Waals surface area contributed by atoms with E-state index >= 15 is 0 Å². The fourth-order valence-electron chi connectivity index (χ4n) is 9.06. The van der Waals surface area contributed by atoms with E-state index in [-0.39, 0.29) is 57.0 Å². The molecule has 4 rings (SSSR count). The molecule has 0 aromatic rings. The number of hydrogen-bond acceptors (Lipinski definition) is 17. The topological polar surface area (TPSA) is 209 Å². The van der Waals surface area contributed by atoms with Crippen molar-refractivity contribution in [2.75, 3.05) is 48.3 Å². The van der Waals surface area contributed by atoms with Gasteiger partial charge in [0.05, 0.1) is 67.4 Å². The molecular formula is C40H72N2O15. The van der Waals surface area contributed by atoms with E-state index in [1.807, 2.05) is 39.8 Å². The highest BCUT2D eigenvalue weighted by Crippen LogP contribution is 2.49. The summed E-state index contributed by atoms with van der Waals surface area (Å²) in [5.41, 5.74) is -3.37. The number of rotatable bonds is 13. The van der Waals surface area contributed by atoms with E-state index in [1.54, 1.807) is 48.8 Å². The van der Waals surface area contributed by atoms with Crippen molar-refractivity contribution in [3.8, 4) is 0 Å². The van der Waals surface area contributed by atoms with Gasteiger partial charge >= 0.3 is 5.97 Å². The molecule has 17 nitrogen and oxygen atoms in total. The molecule has 3 unspecified atom stereocenters. The van der Waals surface area contributed by atoms with Gasteiger partial charge in [-0.25, -0.2) is 0 Å². The summed E-state index contributed by atoms with van der Waals surface area (Å²) in [7, 11) is 6.85. The molecule has 4 aliphatic rings. The Morgan fingerprint density at radius 2 is 1.63 bits per heavy atom. The van der Waals surface area contributed by atoms with E-state index < -0.39 is 89.7 Å². The first-order valence-electron chi connectivity index (χ1n) is 20.4. The van der Waals surface area contributed by atoms with Gasteiger partial charge in [-0.3, -0.25) is 4.79 Å². The quantitative estimate of drug-likeness (QED) is 0.0690. The van der Waals surface area contributed by atoms with Crippen molar-refractivity contribution >= 4 is 11.7 Å². The van der Waals surface area contributed by atoms with E-state index in [1.165, 1.54) is 6.92 Å². The van der Waals surface area contributed by atoms with Gasteiger partial charge < -0.3 is 72.8 Å². The minimum absolute atomic E-state index is 0.00850. The lowest BCUT2D eigenvalue weighted by molar-refractivity contribution is -0.307. The Balaban J connectivity index is 1.82. The Morgan fingerprint density at radius 1 is 0.947 bits per heavy atom. The van der Waals surface area contributed by atoms with Crippen LogP contribution in [0.1, 0.15) is 88.0 Å². The zero-order valence-electron chi connectivity index (χ0n) is 36.3. The van der Waals surface area contributed by atoms with Crippen LogP contribution in [0.2, 0.25) is 0 Å². The zero-order chi connectivity index (χ0) is 42.6. The van der Waals surface area contributed by atoms with Gasteiger partial charge in [0, 0.05) is 38.0 Å². The number of likely N-dealkylation sites (N-methyl/N-ethyl adjacent to an activating group) is 1. The lowest BCUT2D eigenvalue weighted by Gasteiger charge is -2.48. The molecule has 0 spiro atoms. The van der Waals surface area contributed by atoms with Crippen LogP contribution in [-0.4, -0.2) is 170 Å². The smallest absolute Gasteiger partial charge is 0.311 e. The summed E-state index contributed by atoms with van der Waals surface area (Å²) in [4.78, 5) is 21.8. The van der Waals surface area contributed by atoms with Gasteiger partial charge in [0.15, 0.2) is 12.6 Å². The molecule has 0 saturated carbocycles. The second-order valence-electron chi connectivity index (χ2n) is 17.3. The van der Waals surface area contributed by atoms with E-state index in [4.69, 9.17) is 47.5 Å². The Kier molecular flexibility index (Phi) is 16.8. The molecule has 4 saturated heterocycles. The number of nitrogens with zero attached hydrogens (tertiary/aromatic N) is 2. The van der Waals surface area contributed by atoms with Crippen molar-refractivity contribution in [2.24, 2.45) is 28.8 Å². The number of esters is 1. The van der Waals surface area contributed by atoms with Gasteiger partial charge in [-0.05, 0) is 68.0 Å². The number of carbonyl (C=O) groups is 1. The normalized spacial score (nSPS) is 46.9. The fourth-order valence-corrected chi connectivity index (χ4v) is 9.06. The summed E-state index contributed by atoms with van der Waals surface area (Å²) >= 11 is 0. The first-order valence-corrected chi connectivity index (χ1v) is 20.4. The third kappa shape index (κ3) is 11.0. The van der Waals surface area contributed by atoms with Crippen LogP contribution in [-0.2, 0) is 52.3 Å². The van der Waals surface area contributed by atoms with Crippen LogP contribution in [0.15, 0.2) is 5.16 Å². The molecular weight excluding hydrogens is 748 g/mol. The van der Waals surface area contributed by atoms with Crippen molar-refractivity contribution in [2.45, 2.75) is 172 Å². The number of hydrogen-bond donors (Lipinski definition) is 4. The summed E-state index contributed by atoms with van der Waals surface area (Å²) in [6, 6.07) is -0.311. The van der Waals surface area contributed by atoms with Crippen molar-refractivity contribution < 1.29 is 72.7 Å². The van der Waals surface area contributed by atoms with E-state index in [2.05, 4.69) is 5.16 Å². The Labute approximate surface area is 338 Å². The summed E-state index contributed by atoms with van der Waals surface area (Å²) in [6.07, 6.45) is -8.02. The number of methoxy groups -OCH3 is 2. The molecule has 4 heterocycles. The molecule has 18 atom stereocenters. The Morgan fingerprint density at radius 3 is 2.25 bits per heavy atom. The van der Waals surface area contributed by atoms with Gasteiger partial charge in [0.1, 0.15) is 23.9 Å². The predicted octanol–water partition coefficient (Wildman–Crippen LogP) is 2.19. The summed E-state index contributed by atoms with van der Waals surface area (Å²) in [5, 5.41) is 52.5. The van der Waals surface area contributed by atoms with Crippen molar-refractivity contribution in [1.82, 2.24) is 4.90 Å². The van der Waals surface area contributed by atoms with Gasteiger partial charge in [0.2, 0.25) is 12.6 Å². The van der Waals surface area contributed by atoms with Crippen LogP contribution in [0, 0.1) is 23.7 Å². The van der Waals surface area contributed by atoms with Crippen molar-refractivity contribution in [1.29, 1.82) is 0 Å². The monoisotopic (exact) mass is 820 g/mol. The number of aliphatic hydroxyl groups excluding tert-OH is 2. The van der Waals surface area contributed by atoms with Crippen LogP contribution in [0.3, 0.4) is 0 Å². The van der Waals surface area contributed by atoms with Crippen LogP contribution in [0.5, 0.6) is 0 Å². The molecule has 0 aromatic heterocycles. The second kappa shape index (κ2) is 19.9. The number of aliphatic hydroxyl groups is 4. The molecule has 4 N–H and O–H groups in total. The van der Waals surface area contributed by atoms with Crippen LogP contribution in [0.4, 0.5) is 0 Å². The van der Waals surface area contributed by atoms with Gasteiger partial charge in [0.25, 0.3) is 0 Å². The van der Waals surface area contributed by atoms with Crippen molar-refractivity contribution in [3.05, 3.63) is 0 Å². The van der Waals surface area contributed by atoms with Gasteiger partial charge in [-0.1, -0.05) is 32.9 Å². The molecule has 17 heteroatoms. The molecule has 4 aliphatic heterocycles. The number of carbonyl (C=O) groups excluding carboxylic acids is 1. The van der Waals surface area contributed by atoms with E-state index in [0.29, 0.717) is 18.7 Å². The summed E-state index contributed by atoms with van der Waals surface area (Å²) in [5.74, 6) is -4.90. The first-order chi connectivity index (χ1) is 26.6. The molecule has 0 amide bonds. The maximum atomic E-state index is 14.3. The third-order valence-electron chi connectivity index (χ3n) is 12.4. The number of ether oxygens (including phenoxy) is 9. The average molecular weight is 821 g/mol. The lowest BCUT2D eigenvalue weighted by Crippen LogP contribution is -2.60. The minimum atomic E-state index is -1.95. The van der Waals surface area contributed by atoms with Gasteiger partial charge in [-0.15, -0.1) is 0 Å². The molecule has 0 radical (unpaired) electrons. The largest absolute Gasteiger partial charge is 0.459 e. The number of epoxide rings is 1. The molecule has 0 bridgehead atoms. The lowest BCUT2D eigenvalue weighted by atomic mass is 9.73. The molecule has 57 heavy (non-hydrogen) atoms. The highest BCUT2D eigenvalue weighted by Gasteiger charge is 2.65. The highest BCUT2D eigenvalue weighted by molar-refractivity contribution is 5.88. The van der Waals surface area contributed by atoms with E-state index in [9.17, 15) is 25.2 Å². The standard InChI is InChI=1S/C40H72N2O15/c1-14-28-39(9,47)33(44)23(4)30(41-51-20-50-16-15-48-12)21(2)18-38(8,46)34(56-37-31(43)27(42(10)11)17-22(3)52-37)24(5)32(25(6)36(45)54-28)55-29-19-40(49-13)35(57-40)26(7)53-29/h21-29,31-35,37,43-44,46-47H,14-20H2,1-13H3/b41-30+/t21-,22-,23+,24+,25-,26-,27?,28-,29+,31?,32+,33-,34-,35+,37+,38-,39-,40?/m1/s1. The number of oxime groups is 1. The van der Waals surface area contributed by atoms with Crippen molar-refractivity contribution in [3.63, 3.8) is 0 Å². The second-order valence-corrected chi connectivity index (χ2v) is 17.3. The summed E-state index contributed by atoms with van der Waals surface area (Å²) < 4.78 is 54.1. The third-order valence-corrected chi connectivity index (χ3v) is 12.4. The first kappa shape index (κ1) is 48.1. The number of cyclic esters (lactones) is 1. The fraction of sp³-hybridized carbons (Fsp3) is 0.950.